The largest absolute Gasteiger partial charge is 0.493 e. The Morgan fingerprint density at radius 1 is 1.00 bits per heavy atom. The molecule has 27 heavy (non-hydrogen) atoms. The number of carbonyl (C=O) groups excluding carboxylic acids is 2. The molecule has 2 aromatic carbocycles. The van der Waals surface area contributed by atoms with Crippen LogP contribution in [0.25, 0.3) is 0 Å². The Hall–Kier alpha value is -2.73. The Balaban J connectivity index is 2.09. The summed E-state index contributed by atoms with van der Waals surface area (Å²) >= 11 is 6.17. The molecule has 0 bridgehead atoms. The molecule has 144 valence electrons. The van der Waals surface area contributed by atoms with Crippen molar-refractivity contribution in [3.63, 3.8) is 0 Å². The first-order chi connectivity index (χ1) is 12.8. The molecule has 7 heteroatoms. The maximum absolute atomic E-state index is 12.3. The summed E-state index contributed by atoms with van der Waals surface area (Å²) in [4.78, 5) is 24.5. The zero-order valence-corrected chi connectivity index (χ0v) is 16.7. The van der Waals surface area contributed by atoms with Crippen LogP contribution in [0, 0.1) is 13.8 Å². The molecule has 1 atom stereocenters. The number of amides is 2. The Kier molecular flexibility index (Phi) is 6.69. The third-order valence-corrected chi connectivity index (χ3v) is 4.43. The molecule has 2 N–H and O–H groups in total. The maximum atomic E-state index is 12.3. The summed E-state index contributed by atoms with van der Waals surface area (Å²) in [7, 11) is 3.08. The lowest BCUT2D eigenvalue weighted by molar-refractivity contribution is -0.136. The number of rotatable bonds is 5. The van der Waals surface area contributed by atoms with Gasteiger partial charge in [-0.2, -0.15) is 0 Å². The van der Waals surface area contributed by atoms with Gasteiger partial charge in [0.05, 0.1) is 31.0 Å². The van der Waals surface area contributed by atoms with Crippen molar-refractivity contribution < 1.29 is 19.1 Å². The van der Waals surface area contributed by atoms with Crippen molar-refractivity contribution in [2.75, 3.05) is 19.5 Å². The minimum Gasteiger partial charge on any atom is -0.493 e. The van der Waals surface area contributed by atoms with Gasteiger partial charge in [-0.3, -0.25) is 9.59 Å². The standard InChI is InChI=1S/C20H23ClN2O4/c1-11-8-12(2)18(15(21)9-11)23-20(25)19(24)22-13(3)14-6-7-16(26-4)17(10-14)27-5/h6-10,13H,1-5H3,(H,22,24)(H,23,25). The van der Waals surface area contributed by atoms with Crippen molar-refractivity contribution in [2.24, 2.45) is 0 Å². The maximum Gasteiger partial charge on any atom is 0.313 e. The number of aryl methyl sites for hydroxylation is 2. The van der Waals surface area contributed by atoms with E-state index in [4.69, 9.17) is 21.1 Å². The van der Waals surface area contributed by atoms with Crippen LogP contribution in [-0.4, -0.2) is 26.0 Å². The number of halogens is 1. The lowest BCUT2D eigenvalue weighted by Gasteiger charge is -2.17. The second-order valence-electron chi connectivity index (χ2n) is 6.20. The number of anilines is 1. The van der Waals surface area contributed by atoms with Crippen molar-refractivity contribution in [3.8, 4) is 11.5 Å². The third kappa shape index (κ3) is 4.92. The van der Waals surface area contributed by atoms with Gasteiger partial charge in [0.25, 0.3) is 0 Å². The summed E-state index contributed by atoms with van der Waals surface area (Å²) in [5.74, 6) is -0.408. The molecular formula is C20H23ClN2O4. The van der Waals surface area contributed by atoms with E-state index in [-0.39, 0.29) is 0 Å². The van der Waals surface area contributed by atoms with E-state index in [1.807, 2.05) is 19.9 Å². The van der Waals surface area contributed by atoms with Gasteiger partial charge in [-0.25, -0.2) is 0 Å². The highest BCUT2D eigenvalue weighted by molar-refractivity contribution is 6.41. The zero-order chi connectivity index (χ0) is 20.1. The Morgan fingerprint density at radius 2 is 1.67 bits per heavy atom. The highest BCUT2D eigenvalue weighted by atomic mass is 35.5. The van der Waals surface area contributed by atoms with Crippen LogP contribution in [0.15, 0.2) is 30.3 Å². The lowest BCUT2D eigenvalue weighted by atomic mass is 10.1. The third-order valence-electron chi connectivity index (χ3n) is 4.13. The Bertz CT molecular complexity index is 844. The SMILES string of the molecule is COc1ccc(C(C)NC(=O)C(=O)Nc2c(C)cc(C)cc2Cl)cc1OC. The quantitative estimate of drug-likeness (QED) is 0.761. The van der Waals surface area contributed by atoms with Crippen LogP contribution in [0.5, 0.6) is 11.5 Å². The highest BCUT2D eigenvalue weighted by Crippen LogP contribution is 2.30. The van der Waals surface area contributed by atoms with Crippen molar-refractivity contribution in [1.82, 2.24) is 5.32 Å². The summed E-state index contributed by atoms with van der Waals surface area (Å²) in [6.07, 6.45) is 0. The molecule has 0 aliphatic rings. The molecule has 0 aliphatic heterocycles. The van der Waals surface area contributed by atoms with Crippen LogP contribution in [0.1, 0.15) is 29.7 Å². The van der Waals surface area contributed by atoms with Crippen LogP contribution in [0.3, 0.4) is 0 Å². The molecule has 6 nitrogen and oxygen atoms in total. The minimum absolute atomic E-state index is 0.390. The fourth-order valence-electron chi connectivity index (χ4n) is 2.71. The monoisotopic (exact) mass is 390 g/mol. The molecule has 0 saturated heterocycles. The van der Waals surface area contributed by atoms with Gasteiger partial charge in [0.2, 0.25) is 0 Å². The first-order valence-electron chi connectivity index (χ1n) is 8.37. The van der Waals surface area contributed by atoms with Crippen LogP contribution >= 0.6 is 11.6 Å². The predicted octanol–water partition coefficient (Wildman–Crippen LogP) is 3.79. The van der Waals surface area contributed by atoms with Crippen LogP contribution < -0.4 is 20.1 Å². The minimum atomic E-state index is -0.781. The van der Waals surface area contributed by atoms with E-state index in [0.717, 1.165) is 16.7 Å². The van der Waals surface area contributed by atoms with Crippen LogP contribution in [0.2, 0.25) is 5.02 Å². The first kappa shape index (κ1) is 20.6. The van der Waals surface area contributed by atoms with Crippen molar-refractivity contribution in [1.29, 1.82) is 0 Å². The summed E-state index contributed by atoms with van der Waals surface area (Å²) in [5.41, 5.74) is 2.97. The number of hydrogen-bond donors (Lipinski definition) is 2. The first-order valence-corrected chi connectivity index (χ1v) is 8.75. The van der Waals surface area contributed by atoms with Crippen LogP contribution in [-0.2, 0) is 9.59 Å². The number of ether oxygens (including phenoxy) is 2. The van der Waals surface area contributed by atoms with E-state index in [9.17, 15) is 9.59 Å². The van der Waals surface area contributed by atoms with Crippen molar-refractivity contribution in [2.45, 2.75) is 26.8 Å². The van der Waals surface area contributed by atoms with Gasteiger partial charge in [0.15, 0.2) is 11.5 Å². The van der Waals surface area contributed by atoms with E-state index >= 15 is 0 Å². The van der Waals surface area contributed by atoms with Gasteiger partial charge in [-0.15, -0.1) is 0 Å². The summed E-state index contributed by atoms with van der Waals surface area (Å²) < 4.78 is 10.5. The van der Waals surface area contributed by atoms with Crippen molar-refractivity contribution in [3.05, 3.63) is 52.0 Å². The number of carbonyl (C=O) groups is 2. The molecule has 2 aromatic rings. The molecule has 0 aromatic heterocycles. The molecule has 0 spiro atoms. The summed E-state index contributed by atoms with van der Waals surface area (Å²) in [6.45, 7) is 5.50. The van der Waals surface area contributed by atoms with Gasteiger partial charge in [0.1, 0.15) is 0 Å². The van der Waals surface area contributed by atoms with Gasteiger partial charge >= 0.3 is 11.8 Å². The smallest absolute Gasteiger partial charge is 0.313 e. The van der Waals surface area contributed by atoms with Gasteiger partial charge in [0, 0.05) is 0 Å². The molecule has 0 saturated carbocycles. The summed E-state index contributed by atoms with van der Waals surface area (Å²) in [5, 5.41) is 5.63. The topological polar surface area (TPSA) is 76.7 Å². The predicted molar refractivity (Wildman–Crippen MR) is 106 cm³/mol. The molecule has 0 heterocycles. The van der Waals surface area contributed by atoms with Crippen molar-refractivity contribution >= 4 is 29.1 Å². The fraction of sp³-hybridized carbons (Fsp3) is 0.300. The average molecular weight is 391 g/mol. The molecule has 2 amide bonds. The lowest BCUT2D eigenvalue weighted by Crippen LogP contribution is -2.37. The second kappa shape index (κ2) is 8.77. The number of methoxy groups -OCH3 is 2. The van der Waals surface area contributed by atoms with E-state index in [2.05, 4.69) is 10.6 Å². The Labute approximate surface area is 163 Å². The number of benzene rings is 2. The zero-order valence-electron chi connectivity index (χ0n) is 16.0. The molecule has 0 fully saturated rings. The summed E-state index contributed by atoms with van der Waals surface area (Å²) in [6, 6.07) is 8.50. The molecule has 1 unspecified atom stereocenters. The van der Waals surface area contributed by atoms with Gasteiger partial charge in [-0.1, -0.05) is 23.7 Å². The number of nitrogens with one attached hydrogen (secondary N) is 2. The molecule has 0 radical (unpaired) electrons. The highest BCUT2D eigenvalue weighted by Gasteiger charge is 2.20. The van der Waals surface area contributed by atoms with Crippen LogP contribution in [0.4, 0.5) is 5.69 Å². The van der Waals surface area contributed by atoms with E-state index in [0.29, 0.717) is 22.2 Å². The van der Waals surface area contributed by atoms with Gasteiger partial charge in [-0.05, 0) is 55.7 Å². The van der Waals surface area contributed by atoms with E-state index < -0.39 is 17.9 Å². The molecule has 2 rings (SSSR count). The molecule has 0 aliphatic carbocycles. The fourth-order valence-corrected chi connectivity index (χ4v) is 3.08. The Morgan fingerprint density at radius 3 is 2.26 bits per heavy atom. The molecular weight excluding hydrogens is 368 g/mol. The van der Waals surface area contributed by atoms with E-state index in [1.54, 1.807) is 38.3 Å². The average Bonchev–Trinajstić information content (AvgIpc) is 2.63. The normalized spacial score (nSPS) is 11.5. The number of hydrogen-bond acceptors (Lipinski definition) is 4. The second-order valence-corrected chi connectivity index (χ2v) is 6.61. The van der Waals surface area contributed by atoms with Gasteiger partial charge < -0.3 is 20.1 Å². The van der Waals surface area contributed by atoms with E-state index in [1.165, 1.54) is 7.11 Å².